The van der Waals surface area contributed by atoms with Gasteiger partial charge in [-0.25, -0.2) is 0 Å². The third-order valence-electron chi connectivity index (χ3n) is 1.40. The first-order chi connectivity index (χ1) is 4.84. The second kappa shape index (κ2) is 3.06. The standard InChI is InChI=1S/C7H10N2O/c1-9-5-3-2-4-7(9)8-6-10/h2-7H,1H3,(H,8,10). The number of allylic oxidation sites excluding steroid dienone is 2. The van der Waals surface area contributed by atoms with E-state index in [0.717, 1.165) is 0 Å². The summed E-state index contributed by atoms with van der Waals surface area (Å²) in [6, 6.07) is 0. The number of amides is 1. The zero-order chi connectivity index (χ0) is 7.40. The van der Waals surface area contributed by atoms with E-state index in [4.69, 9.17) is 0 Å². The lowest BCUT2D eigenvalue weighted by Gasteiger charge is -2.24. The van der Waals surface area contributed by atoms with E-state index in [1.165, 1.54) is 0 Å². The molecule has 1 atom stereocenters. The van der Waals surface area contributed by atoms with Crippen LogP contribution in [0.3, 0.4) is 0 Å². The number of likely N-dealkylation sites (N-methyl/N-ethyl adjacent to an activating group) is 1. The summed E-state index contributed by atoms with van der Waals surface area (Å²) in [6.45, 7) is 0. The maximum atomic E-state index is 10.0. The molecule has 1 rings (SSSR count). The normalized spacial score (nSPS) is 22.9. The molecule has 0 saturated heterocycles. The van der Waals surface area contributed by atoms with E-state index in [1.54, 1.807) is 0 Å². The maximum absolute atomic E-state index is 10.0. The minimum Gasteiger partial charge on any atom is -0.357 e. The third kappa shape index (κ3) is 1.37. The fourth-order valence-corrected chi connectivity index (χ4v) is 0.826. The van der Waals surface area contributed by atoms with Gasteiger partial charge in [-0.2, -0.15) is 0 Å². The second-order valence-corrected chi connectivity index (χ2v) is 2.12. The van der Waals surface area contributed by atoms with Crippen molar-refractivity contribution in [3.8, 4) is 0 Å². The minimum absolute atomic E-state index is 0.0162. The van der Waals surface area contributed by atoms with Crippen molar-refractivity contribution in [3.05, 3.63) is 24.4 Å². The van der Waals surface area contributed by atoms with E-state index in [-0.39, 0.29) is 6.17 Å². The lowest BCUT2D eigenvalue weighted by atomic mass is 10.3. The Labute approximate surface area is 60.0 Å². The molecular weight excluding hydrogens is 128 g/mol. The van der Waals surface area contributed by atoms with Gasteiger partial charge < -0.3 is 10.2 Å². The van der Waals surface area contributed by atoms with E-state index in [2.05, 4.69) is 5.32 Å². The molecule has 0 fully saturated rings. The Kier molecular flexibility index (Phi) is 2.10. The first-order valence-corrected chi connectivity index (χ1v) is 3.11. The van der Waals surface area contributed by atoms with E-state index >= 15 is 0 Å². The summed E-state index contributed by atoms with van der Waals surface area (Å²) in [5.74, 6) is 0. The van der Waals surface area contributed by atoms with E-state index in [0.29, 0.717) is 6.41 Å². The van der Waals surface area contributed by atoms with Crippen molar-refractivity contribution in [1.29, 1.82) is 0 Å². The van der Waals surface area contributed by atoms with Crippen LogP contribution >= 0.6 is 0 Å². The van der Waals surface area contributed by atoms with Gasteiger partial charge in [0.1, 0.15) is 6.17 Å². The van der Waals surface area contributed by atoms with E-state index in [1.807, 2.05) is 36.4 Å². The molecule has 1 unspecified atom stereocenters. The van der Waals surface area contributed by atoms with Crippen LogP contribution in [-0.4, -0.2) is 24.5 Å². The summed E-state index contributed by atoms with van der Waals surface area (Å²) in [4.78, 5) is 11.9. The van der Waals surface area contributed by atoms with Crippen molar-refractivity contribution < 1.29 is 4.79 Å². The predicted octanol–water partition coefficient (Wildman–Crippen LogP) is 0.0738. The lowest BCUT2D eigenvalue weighted by Crippen LogP contribution is -2.39. The first-order valence-electron chi connectivity index (χ1n) is 3.11. The molecule has 1 aliphatic heterocycles. The molecule has 0 aromatic heterocycles. The van der Waals surface area contributed by atoms with Crippen LogP contribution in [-0.2, 0) is 4.79 Å². The summed E-state index contributed by atoms with van der Waals surface area (Å²) in [7, 11) is 1.90. The highest BCUT2D eigenvalue weighted by Crippen LogP contribution is 2.00. The van der Waals surface area contributed by atoms with E-state index in [9.17, 15) is 4.79 Å². The van der Waals surface area contributed by atoms with Crippen LogP contribution in [0.15, 0.2) is 24.4 Å². The topological polar surface area (TPSA) is 32.3 Å². The molecule has 3 heteroatoms. The van der Waals surface area contributed by atoms with Gasteiger partial charge >= 0.3 is 0 Å². The van der Waals surface area contributed by atoms with Gasteiger partial charge in [-0.1, -0.05) is 6.08 Å². The Hall–Kier alpha value is -1.25. The van der Waals surface area contributed by atoms with Crippen LogP contribution < -0.4 is 5.32 Å². The van der Waals surface area contributed by atoms with Crippen molar-refractivity contribution in [2.75, 3.05) is 7.05 Å². The zero-order valence-electron chi connectivity index (χ0n) is 5.82. The van der Waals surface area contributed by atoms with Gasteiger partial charge in [0, 0.05) is 13.2 Å². The largest absolute Gasteiger partial charge is 0.357 e. The molecule has 1 N–H and O–H groups in total. The van der Waals surface area contributed by atoms with Gasteiger partial charge in [0.05, 0.1) is 0 Å². The summed E-state index contributed by atoms with van der Waals surface area (Å²) < 4.78 is 0. The number of carbonyl (C=O) groups excluding carboxylic acids is 1. The Morgan fingerprint density at radius 1 is 1.60 bits per heavy atom. The van der Waals surface area contributed by atoms with Crippen molar-refractivity contribution in [2.24, 2.45) is 0 Å². The Morgan fingerprint density at radius 2 is 2.40 bits per heavy atom. The molecule has 0 aromatic rings. The van der Waals surface area contributed by atoms with Gasteiger partial charge in [-0.15, -0.1) is 0 Å². The summed E-state index contributed by atoms with van der Waals surface area (Å²) >= 11 is 0. The molecule has 0 aliphatic carbocycles. The SMILES string of the molecule is CN1C=CC=CC1NC=O. The zero-order valence-corrected chi connectivity index (χ0v) is 5.82. The predicted molar refractivity (Wildman–Crippen MR) is 39.0 cm³/mol. The number of rotatable bonds is 2. The molecule has 1 amide bonds. The minimum atomic E-state index is 0.0162. The Morgan fingerprint density at radius 3 is 3.00 bits per heavy atom. The summed E-state index contributed by atoms with van der Waals surface area (Å²) in [5, 5.41) is 2.64. The van der Waals surface area contributed by atoms with Gasteiger partial charge in [-0.3, -0.25) is 4.79 Å². The molecule has 0 radical (unpaired) electrons. The average molecular weight is 138 g/mol. The van der Waals surface area contributed by atoms with E-state index < -0.39 is 0 Å². The second-order valence-electron chi connectivity index (χ2n) is 2.12. The van der Waals surface area contributed by atoms with Gasteiger partial charge in [0.2, 0.25) is 6.41 Å². The van der Waals surface area contributed by atoms with Gasteiger partial charge in [0.25, 0.3) is 0 Å². The molecule has 3 nitrogen and oxygen atoms in total. The number of carbonyl (C=O) groups is 1. The summed E-state index contributed by atoms with van der Waals surface area (Å²) in [6.07, 6.45) is 8.35. The highest BCUT2D eigenvalue weighted by atomic mass is 16.1. The lowest BCUT2D eigenvalue weighted by molar-refractivity contribution is -0.110. The number of nitrogens with zero attached hydrogens (tertiary/aromatic N) is 1. The smallest absolute Gasteiger partial charge is 0.208 e. The number of nitrogens with one attached hydrogen (secondary N) is 1. The number of hydrogen-bond donors (Lipinski definition) is 1. The number of hydrogen-bond acceptors (Lipinski definition) is 2. The molecule has 10 heavy (non-hydrogen) atoms. The van der Waals surface area contributed by atoms with Crippen molar-refractivity contribution in [3.63, 3.8) is 0 Å². The van der Waals surface area contributed by atoms with Crippen molar-refractivity contribution in [1.82, 2.24) is 10.2 Å². The molecule has 0 aromatic carbocycles. The van der Waals surface area contributed by atoms with Crippen LogP contribution in [0.5, 0.6) is 0 Å². The van der Waals surface area contributed by atoms with Crippen molar-refractivity contribution in [2.45, 2.75) is 6.17 Å². The van der Waals surface area contributed by atoms with Crippen LogP contribution in [0.25, 0.3) is 0 Å². The molecule has 0 saturated carbocycles. The van der Waals surface area contributed by atoms with Crippen LogP contribution in [0.2, 0.25) is 0 Å². The quantitative estimate of drug-likeness (QED) is 0.548. The van der Waals surface area contributed by atoms with Crippen LogP contribution in [0.1, 0.15) is 0 Å². The van der Waals surface area contributed by atoms with Gasteiger partial charge in [0.15, 0.2) is 0 Å². The monoisotopic (exact) mass is 138 g/mol. The van der Waals surface area contributed by atoms with Crippen molar-refractivity contribution >= 4 is 6.41 Å². The van der Waals surface area contributed by atoms with Crippen LogP contribution in [0, 0.1) is 0 Å². The molecule has 1 aliphatic rings. The summed E-state index contributed by atoms with van der Waals surface area (Å²) in [5.41, 5.74) is 0. The molecule has 0 bridgehead atoms. The molecular formula is C7H10N2O. The maximum Gasteiger partial charge on any atom is 0.208 e. The average Bonchev–Trinajstić information content (AvgIpc) is 1.94. The Balaban J connectivity index is 2.52. The third-order valence-corrected chi connectivity index (χ3v) is 1.40. The van der Waals surface area contributed by atoms with Gasteiger partial charge in [-0.05, 0) is 12.2 Å². The van der Waals surface area contributed by atoms with Crippen LogP contribution in [0.4, 0.5) is 0 Å². The highest BCUT2D eigenvalue weighted by Gasteiger charge is 2.06. The molecule has 54 valence electrons. The fourth-order valence-electron chi connectivity index (χ4n) is 0.826. The fraction of sp³-hybridized carbons (Fsp3) is 0.286. The first kappa shape index (κ1) is 6.86. The molecule has 0 spiro atoms. The Bertz CT molecular complexity index is 174. The highest BCUT2D eigenvalue weighted by molar-refractivity contribution is 5.47. The molecule has 1 heterocycles.